The van der Waals surface area contributed by atoms with Crippen molar-refractivity contribution in [3.8, 4) is 0 Å². The van der Waals surface area contributed by atoms with Gasteiger partial charge in [0.1, 0.15) is 0 Å². The molecule has 1 rings (SSSR count). The molecule has 1 amide bonds. The lowest BCUT2D eigenvalue weighted by Crippen LogP contribution is -2.40. The second-order valence-corrected chi connectivity index (χ2v) is 5.34. The first-order valence-electron chi connectivity index (χ1n) is 6.93. The normalized spacial score (nSPS) is 13.5. The minimum atomic E-state index is -1.21. The molecule has 0 heterocycles. The summed E-state index contributed by atoms with van der Waals surface area (Å²) in [7, 11) is 3.30. The SMILES string of the molecule is COCCCN(C)C(=O)CC(C)(C(=O)O)c1ccccc1. The van der Waals surface area contributed by atoms with Gasteiger partial charge in [-0.05, 0) is 18.9 Å². The lowest BCUT2D eigenvalue weighted by Gasteiger charge is -2.27. The summed E-state index contributed by atoms with van der Waals surface area (Å²) in [5.41, 5.74) is -0.579. The topological polar surface area (TPSA) is 66.8 Å². The van der Waals surface area contributed by atoms with E-state index in [4.69, 9.17) is 4.74 Å². The van der Waals surface area contributed by atoms with E-state index in [1.165, 1.54) is 0 Å². The van der Waals surface area contributed by atoms with Gasteiger partial charge < -0.3 is 14.7 Å². The third kappa shape index (κ3) is 4.56. The Morgan fingerprint density at radius 2 is 1.90 bits per heavy atom. The first kappa shape index (κ1) is 17.2. The second-order valence-electron chi connectivity index (χ2n) is 5.34. The maximum Gasteiger partial charge on any atom is 0.314 e. The van der Waals surface area contributed by atoms with Crippen molar-refractivity contribution >= 4 is 11.9 Å². The van der Waals surface area contributed by atoms with E-state index >= 15 is 0 Å². The lowest BCUT2D eigenvalue weighted by atomic mass is 9.79. The van der Waals surface area contributed by atoms with Gasteiger partial charge in [0.2, 0.25) is 5.91 Å². The molecule has 1 unspecified atom stereocenters. The summed E-state index contributed by atoms with van der Waals surface area (Å²) in [6.45, 7) is 2.72. The summed E-state index contributed by atoms with van der Waals surface area (Å²) in [6.07, 6.45) is 0.670. The van der Waals surface area contributed by atoms with Gasteiger partial charge in [-0.1, -0.05) is 30.3 Å². The molecule has 116 valence electrons. The fourth-order valence-electron chi connectivity index (χ4n) is 2.12. The van der Waals surface area contributed by atoms with Gasteiger partial charge in [-0.15, -0.1) is 0 Å². The molecule has 0 saturated heterocycles. The Morgan fingerprint density at radius 1 is 1.29 bits per heavy atom. The van der Waals surface area contributed by atoms with Gasteiger partial charge in [0.15, 0.2) is 0 Å². The summed E-state index contributed by atoms with van der Waals surface area (Å²) in [4.78, 5) is 25.5. The zero-order valence-electron chi connectivity index (χ0n) is 12.8. The van der Waals surface area contributed by atoms with E-state index in [0.29, 0.717) is 18.7 Å². The van der Waals surface area contributed by atoms with Crippen LogP contribution in [0.5, 0.6) is 0 Å². The van der Waals surface area contributed by atoms with Gasteiger partial charge in [0.05, 0.1) is 5.41 Å². The van der Waals surface area contributed by atoms with Crippen LogP contribution < -0.4 is 0 Å². The first-order chi connectivity index (χ1) is 9.91. The molecule has 0 aromatic heterocycles. The third-order valence-corrected chi connectivity index (χ3v) is 3.66. The zero-order chi connectivity index (χ0) is 15.9. The predicted molar refractivity (Wildman–Crippen MR) is 80.2 cm³/mol. The number of carboxylic acids is 1. The third-order valence-electron chi connectivity index (χ3n) is 3.66. The van der Waals surface area contributed by atoms with E-state index in [9.17, 15) is 14.7 Å². The smallest absolute Gasteiger partial charge is 0.314 e. The highest BCUT2D eigenvalue weighted by Gasteiger charge is 2.38. The lowest BCUT2D eigenvalue weighted by molar-refractivity contribution is -0.147. The van der Waals surface area contributed by atoms with Crippen molar-refractivity contribution in [2.75, 3.05) is 27.3 Å². The highest BCUT2D eigenvalue weighted by Crippen LogP contribution is 2.28. The molecule has 0 aliphatic carbocycles. The standard InChI is InChI=1S/C16H23NO4/c1-16(15(19)20,13-8-5-4-6-9-13)12-14(18)17(2)10-7-11-21-3/h4-6,8-9H,7,10-12H2,1-3H3,(H,19,20). The molecule has 5 nitrogen and oxygen atoms in total. The van der Waals surface area contributed by atoms with Crippen molar-refractivity contribution in [3.63, 3.8) is 0 Å². The van der Waals surface area contributed by atoms with Gasteiger partial charge in [-0.3, -0.25) is 9.59 Å². The Hall–Kier alpha value is -1.88. The number of methoxy groups -OCH3 is 1. The molecular weight excluding hydrogens is 270 g/mol. The molecule has 0 aliphatic rings. The van der Waals surface area contributed by atoms with Crippen LogP contribution in [-0.4, -0.2) is 49.2 Å². The Balaban J connectivity index is 2.79. The van der Waals surface area contributed by atoms with Crippen LogP contribution in [0.25, 0.3) is 0 Å². The molecule has 0 bridgehead atoms. The van der Waals surface area contributed by atoms with Gasteiger partial charge >= 0.3 is 5.97 Å². The Kier molecular flexibility index (Phi) is 6.37. The van der Waals surface area contributed by atoms with Crippen LogP contribution >= 0.6 is 0 Å². The summed E-state index contributed by atoms with van der Waals surface area (Å²) >= 11 is 0. The average molecular weight is 293 g/mol. The summed E-state index contributed by atoms with van der Waals surface area (Å²) in [6, 6.07) is 8.87. The number of ether oxygens (including phenoxy) is 1. The molecule has 0 aliphatic heterocycles. The number of carbonyl (C=O) groups excluding carboxylic acids is 1. The number of carbonyl (C=O) groups is 2. The fraction of sp³-hybridized carbons (Fsp3) is 0.500. The molecule has 5 heteroatoms. The number of hydrogen-bond acceptors (Lipinski definition) is 3. The Labute approximate surface area is 125 Å². The quantitative estimate of drug-likeness (QED) is 0.744. The van der Waals surface area contributed by atoms with Crippen molar-refractivity contribution in [3.05, 3.63) is 35.9 Å². The number of hydrogen-bond donors (Lipinski definition) is 1. The highest BCUT2D eigenvalue weighted by molar-refractivity contribution is 5.89. The zero-order valence-corrected chi connectivity index (χ0v) is 12.8. The molecule has 0 spiro atoms. The first-order valence-corrected chi connectivity index (χ1v) is 6.93. The number of amides is 1. The van der Waals surface area contributed by atoms with Crippen LogP contribution in [0, 0.1) is 0 Å². The average Bonchev–Trinajstić information content (AvgIpc) is 2.47. The number of aliphatic carboxylic acids is 1. The summed E-state index contributed by atoms with van der Waals surface area (Å²) in [5, 5.41) is 9.54. The van der Waals surface area contributed by atoms with Gasteiger partial charge in [0.25, 0.3) is 0 Å². The molecule has 21 heavy (non-hydrogen) atoms. The van der Waals surface area contributed by atoms with E-state index in [1.807, 2.05) is 6.07 Å². The minimum Gasteiger partial charge on any atom is -0.481 e. The molecule has 1 aromatic rings. The van der Waals surface area contributed by atoms with Crippen LogP contribution in [0.15, 0.2) is 30.3 Å². The van der Waals surface area contributed by atoms with Crippen LogP contribution in [0.3, 0.4) is 0 Å². The van der Waals surface area contributed by atoms with Crippen molar-refractivity contribution < 1.29 is 19.4 Å². The van der Waals surface area contributed by atoms with Gasteiger partial charge in [0, 0.05) is 33.7 Å². The molecule has 0 radical (unpaired) electrons. The summed E-state index contributed by atoms with van der Waals surface area (Å²) < 4.78 is 4.95. The predicted octanol–water partition coefficient (Wildman–Crippen LogP) is 1.91. The van der Waals surface area contributed by atoms with E-state index in [1.54, 1.807) is 50.2 Å². The van der Waals surface area contributed by atoms with Crippen LogP contribution in [-0.2, 0) is 19.7 Å². The van der Waals surface area contributed by atoms with Crippen molar-refractivity contribution in [1.29, 1.82) is 0 Å². The minimum absolute atomic E-state index is 0.0597. The number of benzene rings is 1. The molecular formula is C16H23NO4. The maximum atomic E-state index is 12.3. The van der Waals surface area contributed by atoms with Crippen molar-refractivity contribution in [2.24, 2.45) is 0 Å². The summed E-state index contributed by atoms with van der Waals surface area (Å²) in [5.74, 6) is -1.17. The molecule has 1 aromatic carbocycles. The molecule has 0 saturated carbocycles. The highest BCUT2D eigenvalue weighted by atomic mass is 16.5. The molecule has 1 N–H and O–H groups in total. The Bertz CT molecular complexity index is 474. The van der Waals surface area contributed by atoms with E-state index in [-0.39, 0.29) is 12.3 Å². The fourth-order valence-corrected chi connectivity index (χ4v) is 2.12. The van der Waals surface area contributed by atoms with Crippen LogP contribution in [0.2, 0.25) is 0 Å². The number of nitrogens with zero attached hydrogens (tertiary/aromatic N) is 1. The second kappa shape index (κ2) is 7.78. The van der Waals surface area contributed by atoms with Crippen molar-refractivity contribution in [1.82, 2.24) is 4.90 Å². The van der Waals surface area contributed by atoms with E-state index < -0.39 is 11.4 Å². The van der Waals surface area contributed by atoms with Crippen LogP contribution in [0.4, 0.5) is 0 Å². The number of rotatable bonds is 8. The maximum absolute atomic E-state index is 12.3. The molecule has 1 atom stereocenters. The van der Waals surface area contributed by atoms with Gasteiger partial charge in [-0.25, -0.2) is 0 Å². The monoisotopic (exact) mass is 293 g/mol. The van der Waals surface area contributed by atoms with Crippen molar-refractivity contribution in [2.45, 2.75) is 25.2 Å². The largest absolute Gasteiger partial charge is 0.481 e. The molecule has 0 fully saturated rings. The van der Waals surface area contributed by atoms with Crippen LogP contribution in [0.1, 0.15) is 25.3 Å². The Morgan fingerprint density at radius 3 is 2.43 bits per heavy atom. The number of carboxylic acid groups (broad SMARTS) is 1. The van der Waals surface area contributed by atoms with Gasteiger partial charge in [-0.2, -0.15) is 0 Å². The van der Waals surface area contributed by atoms with E-state index in [2.05, 4.69) is 0 Å². The van der Waals surface area contributed by atoms with E-state index in [0.717, 1.165) is 6.42 Å².